The molecule has 2 fully saturated rings. The van der Waals surface area contributed by atoms with Gasteiger partial charge in [-0.1, -0.05) is 182 Å². The maximum atomic E-state index is 12.3. The van der Waals surface area contributed by atoms with Crippen LogP contribution in [0.1, 0.15) is 70.6 Å². The highest BCUT2D eigenvalue weighted by molar-refractivity contribution is 14.1. The Balaban J connectivity index is 1.12. The molecule has 9 rings (SSSR count). The molecule has 0 bridgehead atoms. The second-order valence-corrected chi connectivity index (χ2v) is 19.2. The highest BCUT2D eigenvalue weighted by atomic mass is 127. The minimum absolute atomic E-state index is 0.144. The second kappa shape index (κ2) is 24.8. The van der Waals surface area contributed by atoms with Gasteiger partial charge in [-0.25, -0.2) is 0 Å². The van der Waals surface area contributed by atoms with Crippen molar-refractivity contribution in [2.45, 2.75) is 115 Å². The van der Waals surface area contributed by atoms with Gasteiger partial charge in [0.25, 0.3) is 0 Å². The third-order valence-corrected chi connectivity index (χ3v) is 14.2. The van der Waals surface area contributed by atoms with Crippen LogP contribution in [0.3, 0.4) is 0 Å². The Bertz CT molecular complexity index is 2500. The standard InChI is InChI=1S/C60H61IO10/c1-40-53(64-34-42-21-9-3-10-22-42)57(66-36-44-25-13-5-14-26-44)59(68-38-46-29-17-7-18-30-46)55(70-40)48-33-49(52(63)50(61)51(48)62)56-60(69-39-47-31-19-8-20-32-47)58(67-37-45-27-15-6-16-28-45)54(41(2)71-56)65-35-43-23-11-4-12-24-43/h3-33,40-41,53-60,62-63H,34-39H2,1-2H3/t40?,41?,53-,54-,55-,56-,57?,58?,59?,60?/m1/s1. The number of hydrogen-bond donors (Lipinski definition) is 2. The summed E-state index contributed by atoms with van der Waals surface area (Å²) >= 11 is 2.00. The van der Waals surface area contributed by atoms with Gasteiger partial charge in [0, 0.05) is 11.1 Å². The predicted octanol–water partition coefficient (Wildman–Crippen LogP) is 12.1. The molecule has 0 aromatic heterocycles. The van der Waals surface area contributed by atoms with Crippen LogP contribution in [-0.4, -0.2) is 59.0 Å². The fraction of sp³-hybridized carbons (Fsp3) is 0.300. The Morgan fingerprint density at radius 3 is 0.831 bits per heavy atom. The van der Waals surface area contributed by atoms with Crippen molar-refractivity contribution in [1.29, 1.82) is 0 Å². The van der Waals surface area contributed by atoms with Crippen LogP contribution in [0.2, 0.25) is 0 Å². The van der Waals surface area contributed by atoms with E-state index in [4.69, 9.17) is 37.9 Å². The largest absolute Gasteiger partial charge is 0.506 e. The van der Waals surface area contributed by atoms with Crippen molar-refractivity contribution in [3.05, 3.63) is 236 Å². The molecule has 2 aliphatic heterocycles. The van der Waals surface area contributed by atoms with Gasteiger partial charge in [-0.15, -0.1) is 0 Å². The molecule has 7 aromatic rings. The minimum atomic E-state index is -0.907. The molecule has 2 heterocycles. The lowest BCUT2D eigenvalue weighted by atomic mass is 9.86. The molecule has 0 aliphatic carbocycles. The van der Waals surface area contributed by atoms with Crippen LogP contribution < -0.4 is 0 Å². The van der Waals surface area contributed by atoms with Gasteiger partial charge < -0.3 is 48.1 Å². The lowest BCUT2D eigenvalue weighted by Crippen LogP contribution is -2.56. The third kappa shape index (κ3) is 12.8. The number of phenolic OH excluding ortho intramolecular Hbond substituents is 2. The molecule has 10 atom stereocenters. The molecule has 0 spiro atoms. The van der Waals surface area contributed by atoms with E-state index in [2.05, 4.69) is 0 Å². The minimum Gasteiger partial charge on any atom is -0.506 e. The van der Waals surface area contributed by atoms with E-state index in [0.717, 1.165) is 33.4 Å². The zero-order valence-corrected chi connectivity index (χ0v) is 42.1. The van der Waals surface area contributed by atoms with Crippen molar-refractivity contribution in [3.63, 3.8) is 0 Å². The van der Waals surface area contributed by atoms with E-state index in [9.17, 15) is 10.2 Å². The molecule has 0 radical (unpaired) electrons. The Labute approximate surface area is 430 Å². The normalized spacial score (nSPS) is 24.4. The molecule has 368 valence electrons. The average Bonchev–Trinajstić information content (AvgIpc) is 3.41. The Kier molecular flexibility index (Phi) is 17.6. The van der Waals surface area contributed by atoms with Gasteiger partial charge >= 0.3 is 0 Å². The molecule has 0 saturated carbocycles. The quantitative estimate of drug-likeness (QED) is 0.0715. The first kappa shape index (κ1) is 50.5. The van der Waals surface area contributed by atoms with E-state index in [-0.39, 0.29) is 41.5 Å². The van der Waals surface area contributed by atoms with Gasteiger partial charge in [-0.05, 0) is 75.9 Å². The molecule has 11 heteroatoms. The molecule has 10 nitrogen and oxygen atoms in total. The van der Waals surface area contributed by atoms with Crippen molar-refractivity contribution < 1.29 is 48.1 Å². The molecule has 71 heavy (non-hydrogen) atoms. The summed E-state index contributed by atoms with van der Waals surface area (Å²) < 4.78 is 55.6. The smallest absolute Gasteiger partial charge is 0.138 e. The van der Waals surface area contributed by atoms with Crippen molar-refractivity contribution in [1.82, 2.24) is 0 Å². The van der Waals surface area contributed by atoms with Crippen molar-refractivity contribution in [2.24, 2.45) is 0 Å². The van der Waals surface area contributed by atoms with Crippen LogP contribution in [0, 0.1) is 3.57 Å². The van der Waals surface area contributed by atoms with E-state index in [1.807, 2.05) is 218 Å². The Hall–Kier alpha value is -5.45. The third-order valence-electron chi connectivity index (χ3n) is 13.1. The van der Waals surface area contributed by atoms with E-state index < -0.39 is 61.0 Å². The van der Waals surface area contributed by atoms with Gasteiger partial charge in [0.15, 0.2) is 0 Å². The maximum absolute atomic E-state index is 12.3. The van der Waals surface area contributed by atoms with Gasteiger partial charge in [-0.3, -0.25) is 0 Å². The predicted molar refractivity (Wildman–Crippen MR) is 279 cm³/mol. The number of halogens is 1. The summed E-state index contributed by atoms with van der Waals surface area (Å²) in [7, 11) is 0. The van der Waals surface area contributed by atoms with Gasteiger partial charge in [-0.2, -0.15) is 0 Å². The van der Waals surface area contributed by atoms with Crippen molar-refractivity contribution in [2.75, 3.05) is 0 Å². The summed E-state index contributed by atoms with van der Waals surface area (Å²) in [5.41, 5.74) is 6.66. The molecule has 0 amide bonds. The van der Waals surface area contributed by atoms with Crippen LogP contribution in [0.15, 0.2) is 188 Å². The van der Waals surface area contributed by atoms with E-state index in [1.54, 1.807) is 6.07 Å². The van der Waals surface area contributed by atoms with Crippen LogP contribution in [-0.2, 0) is 77.5 Å². The zero-order valence-electron chi connectivity index (χ0n) is 40.0. The van der Waals surface area contributed by atoms with Gasteiger partial charge in [0.05, 0.1) is 55.4 Å². The fourth-order valence-electron chi connectivity index (χ4n) is 9.43. The van der Waals surface area contributed by atoms with Crippen molar-refractivity contribution >= 4 is 22.6 Å². The number of benzene rings is 7. The number of phenols is 2. The first-order valence-corrected chi connectivity index (χ1v) is 25.4. The first-order chi connectivity index (χ1) is 34.8. The molecule has 2 N–H and O–H groups in total. The van der Waals surface area contributed by atoms with Crippen LogP contribution >= 0.6 is 22.6 Å². The van der Waals surface area contributed by atoms with Crippen LogP contribution in [0.4, 0.5) is 0 Å². The summed E-state index contributed by atoms with van der Waals surface area (Å²) in [5, 5.41) is 24.6. The summed E-state index contributed by atoms with van der Waals surface area (Å²) in [4.78, 5) is 0. The lowest BCUT2D eigenvalue weighted by Gasteiger charge is -2.47. The average molecular weight is 1070 g/mol. The Morgan fingerprint density at radius 2 is 0.577 bits per heavy atom. The van der Waals surface area contributed by atoms with Gasteiger partial charge in [0.2, 0.25) is 0 Å². The second-order valence-electron chi connectivity index (χ2n) is 18.2. The SMILES string of the molecule is CC1O[C@H](c2cc([C@H]3OC(C)[C@@H](OCc4ccccc4)C(OCc4ccccc4)C3OCc3ccccc3)c(O)c(I)c2O)C(OCc2ccccc2)C(OCc2ccccc2)[C@@H]1OCc1ccccc1. The lowest BCUT2D eigenvalue weighted by molar-refractivity contribution is -0.265. The maximum Gasteiger partial charge on any atom is 0.138 e. The van der Waals surface area contributed by atoms with E-state index >= 15 is 0 Å². The van der Waals surface area contributed by atoms with Crippen LogP contribution in [0.5, 0.6) is 11.5 Å². The molecule has 2 saturated heterocycles. The fourth-order valence-corrected chi connectivity index (χ4v) is 10.1. The summed E-state index contributed by atoms with van der Waals surface area (Å²) in [6.07, 6.45) is -7.05. The highest BCUT2D eigenvalue weighted by Gasteiger charge is 2.51. The topological polar surface area (TPSA) is 114 Å². The number of aromatic hydroxyl groups is 2. The zero-order chi connectivity index (χ0) is 48.9. The molecular formula is C60H61IO10. The summed E-state index contributed by atoms with van der Waals surface area (Å²) in [6.45, 7) is 5.56. The number of rotatable bonds is 20. The van der Waals surface area contributed by atoms with Crippen LogP contribution in [0.25, 0.3) is 0 Å². The monoisotopic (exact) mass is 1070 g/mol. The van der Waals surface area contributed by atoms with Crippen molar-refractivity contribution in [3.8, 4) is 11.5 Å². The first-order valence-electron chi connectivity index (χ1n) is 24.3. The molecule has 2 aliphatic rings. The molecular weight excluding hydrogens is 1010 g/mol. The number of hydrogen-bond acceptors (Lipinski definition) is 10. The van der Waals surface area contributed by atoms with E-state index in [0.29, 0.717) is 24.3 Å². The van der Waals surface area contributed by atoms with Gasteiger partial charge in [0.1, 0.15) is 60.3 Å². The van der Waals surface area contributed by atoms with E-state index in [1.165, 1.54) is 0 Å². The number of ether oxygens (including phenoxy) is 8. The Morgan fingerprint density at radius 1 is 0.352 bits per heavy atom. The highest BCUT2D eigenvalue weighted by Crippen LogP contribution is 2.49. The molecule has 7 aromatic carbocycles. The summed E-state index contributed by atoms with van der Waals surface area (Å²) in [6, 6.07) is 61.6. The molecule has 6 unspecified atom stereocenters. The summed E-state index contributed by atoms with van der Waals surface area (Å²) in [5.74, 6) is -0.288.